The van der Waals surface area contributed by atoms with Crippen molar-refractivity contribution in [3.8, 4) is 0 Å². The number of rotatable bonds is 9. The topological polar surface area (TPSA) is 74.6 Å². The van der Waals surface area contributed by atoms with Crippen LogP contribution in [0, 0.1) is 0 Å². The van der Waals surface area contributed by atoms with E-state index in [9.17, 15) is 9.59 Å². The zero-order valence-corrected chi connectivity index (χ0v) is 15.6. The van der Waals surface area contributed by atoms with E-state index in [0.717, 1.165) is 13.1 Å². The maximum atomic E-state index is 12.1. The van der Waals surface area contributed by atoms with Crippen LogP contribution < -0.4 is 10.6 Å². The molecule has 1 saturated heterocycles. The van der Waals surface area contributed by atoms with E-state index in [2.05, 4.69) is 33.0 Å². The molecule has 1 atom stereocenters. The van der Waals surface area contributed by atoms with Gasteiger partial charge in [0.25, 0.3) is 5.91 Å². The summed E-state index contributed by atoms with van der Waals surface area (Å²) in [6.45, 7) is 3.28. The highest BCUT2D eigenvalue weighted by molar-refractivity contribution is 7.10. The highest BCUT2D eigenvalue weighted by atomic mass is 32.1. The quantitative estimate of drug-likeness (QED) is 0.661. The number of hydrogen-bond acceptors (Lipinski definition) is 5. The van der Waals surface area contributed by atoms with Crippen LogP contribution in [0.5, 0.6) is 0 Å². The molecule has 0 aliphatic carbocycles. The largest absolute Gasteiger partial charge is 0.459 e. The number of nitrogens with zero attached hydrogens (tertiary/aromatic N) is 1. The molecule has 7 heteroatoms. The van der Waals surface area contributed by atoms with E-state index < -0.39 is 0 Å². The van der Waals surface area contributed by atoms with Gasteiger partial charge in [-0.15, -0.1) is 11.3 Å². The van der Waals surface area contributed by atoms with Crippen LogP contribution in [0.25, 0.3) is 0 Å². The molecule has 0 bridgehead atoms. The van der Waals surface area contributed by atoms with Gasteiger partial charge in [0.15, 0.2) is 5.76 Å². The SMILES string of the molecule is O=C(CCCNC(=O)c1ccco1)NCC(c1cccs1)N1CCCC1. The Labute approximate surface area is 157 Å². The Hall–Kier alpha value is -2.12. The molecule has 3 rings (SSSR count). The fourth-order valence-electron chi connectivity index (χ4n) is 3.19. The first kappa shape index (κ1) is 18.7. The molecule has 1 aliphatic rings. The van der Waals surface area contributed by atoms with Crippen LogP contribution in [0.1, 0.15) is 47.2 Å². The van der Waals surface area contributed by atoms with Gasteiger partial charge < -0.3 is 15.1 Å². The minimum atomic E-state index is -0.248. The molecule has 0 spiro atoms. The molecule has 0 saturated carbocycles. The summed E-state index contributed by atoms with van der Waals surface area (Å²) in [5.41, 5.74) is 0. The summed E-state index contributed by atoms with van der Waals surface area (Å²) in [7, 11) is 0. The minimum absolute atomic E-state index is 0.0259. The molecule has 0 aromatic carbocycles. The number of furan rings is 1. The predicted molar refractivity (Wildman–Crippen MR) is 101 cm³/mol. The third-order valence-electron chi connectivity index (χ3n) is 4.56. The van der Waals surface area contributed by atoms with Crippen LogP contribution in [0.4, 0.5) is 0 Å². The molecule has 26 heavy (non-hydrogen) atoms. The Balaban J connectivity index is 1.37. The summed E-state index contributed by atoms with van der Waals surface area (Å²) in [4.78, 5) is 27.6. The number of carbonyl (C=O) groups excluding carboxylic acids is 2. The van der Waals surface area contributed by atoms with Crippen molar-refractivity contribution in [1.82, 2.24) is 15.5 Å². The molecule has 2 N–H and O–H groups in total. The average Bonchev–Trinajstić information content (AvgIpc) is 3.42. The van der Waals surface area contributed by atoms with E-state index in [1.807, 2.05) is 0 Å². The van der Waals surface area contributed by atoms with E-state index in [0.29, 0.717) is 31.7 Å². The lowest BCUT2D eigenvalue weighted by Gasteiger charge is -2.26. The maximum Gasteiger partial charge on any atom is 0.286 e. The van der Waals surface area contributed by atoms with Crippen molar-refractivity contribution in [2.45, 2.75) is 31.7 Å². The van der Waals surface area contributed by atoms with Crippen LogP contribution in [0.3, 0.4) is 0 Å². The molecule has 6 nitrogen and oxygen atoms in total. The van der Waals surface area contributed by atoms with Gasteiger partial charge in [-0.2, -0.15) is 0 Å². The number of carbonyl (C=O) groups is 2. The summed E-state index contributed by atoms with van der Waals surface area (Å²) < 4.78 is 5.03. The predicted octanol–water partition coefficient (Wildman–Crippen LogP) is 2.80. The molecule has 2 aromatic rings. The Kier molecular flexibility index (Phi) is 6.85. The van der Waals surface area contributed by atoms with Gasteiger partial charge in [0.2, 0.25) is 5.91 Å². The van der Waals surface area contributed by atoms with E-state index >= 15 is 0 Å². The fourth-order valence-corrected chi connectivity index (χ4v) is 4.05. The zero-order chi connectivity index (χ0) is 18.2. The highest BCUT2D eigenvalue weighted by Gasteiger charge is 2.24. The van der Waals surface area contributed by atoms with Gasteiger partial charge in [-0.3, -0.25) is 14.5 Å². The van der Waals surface area contributed by atoms with Gasteiger partial charge >= 0.3 is 0 Å². The molecule has 1 unspecified atom stereocenters. The monoisotopic (exact) mass is 375 g/mol. The summed E-state index contributed by atoms with van der Waals surface area (Å²) in [5, 5.41) is 7.90. The van der Waals surface area contributed by atoms with Crippen molar-refractivity contribution in [1.29, 1.82) is 0 Å². The molecular weight excluding hydrogens is 350 g/mol. The normalized spacial score (nSPS) is 15.7. The molecule has 2 amide bonds. The van der Waals surface area contributed by atoms with Crippen molar-refractivity contribution in [2.75, 3.05) is 26.2 Å². The van der Waals surface area contributed by atoms with E-state index in [-0.39, 0.29) is 17.9 Å². The minimum Gasteiger partial charge on any atom is -0.459 e. The van der Waals surface area contributed by atoms with E-state index in [1.54, 1.807) is 23.5 Å². The van der Waals surface area contributed by atoms with Gasteiger partial charge in [0.05, 0.1) is 12.3 Å². The molecular formula is C19H25N3O3S. The molecule has 1 fully saturated rings. The molecule has 0 radical (unpaired) electrons. The standard InChI is InChI=1S/C19H25N3O3S/c23-18(8-3-9-20-19(24)16-6-4-12-25-16)21-14-15(17-7-5-13-26-17)22-10-1-2-11-22/h4-7,12-13,15H,1-3,8-11,14H2,(H,20,24)(H,21,23). The fraction of sp³-hybridized carbons (Fsp3) is 0.474. The average molecular weight is 375 g/mol. The van der Waals surface area contributed by atoms with Crippen LogP contribution in [0.15, 0.2) is 40.3 Å². The number of hydrogen-bond donors (Lipinski definition) is 2. The lowest BCUT2D eigenvalue weighted by molar-refractivity contribution is -0.121. The Morgan fingerprint density at radius 3 is 2.73 bits per heavy atom. The lowest BCUT2D eigenvalue weighted by atomic mass is 10.2. The maximum absolute atomic E-state index is 12.1. The van der Waals surface area contributed by atoms with Gasteiger partial charge in [0.1, 0.15) is 0 Å². The van der Waals surface area contributed by atoms with Crippen LogP contribution in [-0.4, -0.2) is 42.9 Å². The van der Waals surface area contributed by atoms with Gasteiger partial charge in [-0.1, -0.05) is 6.07 Å². The molecule has 140 valence electrons. The summed E-state index contributed by atoms with van der Waals surface area (Å²) in [6, 6.07) is 7.76. The van der Waals surface area contributed by atoms with Gasteiger partial charge in [0, 0.05) is 24.4 Å². The van der Waals surface area contributed by atoms with E-state index in [1.165, 1.54) is 24.0 Å². The Morgan fingerprint density at radius 1 is 1.19 bits per heavy atom. The molecule has 3 heterocycles. The first-order valence-corrected chi connectivity index (χ1v) is 9.98. The first-order valence-electron chi connectivity index (χ1n) is 9.10. The van der Waals surface area contributed by atoms with Crippen LogP contribution in [0.2, 0.25) is 0 Å². The lowest BCUT2D eigenvalue weighted by Crippen LogP contribution is -2.36. The number of thiophene rings is 1. The Bertz CT molecular complexity index is 679. The third-order valence-corrected chi connectivity index (χ3v) is 5.53. The van der Waals surface area contributed by atoms with Crippen molar-refractivity contribution in [2.24, 2.45) is 0 Å². The molecule has 2 aromatic heterocycles. The van der Waals surface area contributed by atoms with Gasteiger partial charge in [-0.25, -0.2) is 0 Å². The van der Waals surface area contributed by atoms with Gasteiger partial charge in [-0.05, 0) is 55.9 Å². The third kappa shape index (κ3) is 5.19. The summed E-state index contributed by atoms with van der Waals surface area (Å²) in [6.07, 6.45) is 4.92. The van der Waals surface area contributed by atoms with Crippen molar-refractivity contribution in [3.63, 3.8) is 0 Å². The number of likely N-dealkylation sites (tertiary alicyclic amines) is 1. The van der Waals surface area contributed by atoms with Crippen LogP contribution >= 0.6 is 11.3 Å². The van der Waals surface area contributed by atoms with Crippen LogP contribution in [-0.2, 0) is 4.79 Å². The first-order chi connectivity index (χ1) is 12.7. The number of amides is 2. The highest BCUT2D eigenvalue weighted by Crippen LogP contribution is 2.27. The zero-order valence-electron chi connectivity index (χ0n) is 14.8. The summed E-state index contributed by atoms with van der Waals surface area (Å²) in [5.74, 6) is 0.0686. The summed E-state index contributed by atoms with van der Waals surface area (Å²) >= 11 is 1.74. The second-order valence-electron chi connectivity index (χ2n) is 6.42. The smallest absolute Gasteiger partial charge is 0.286 e. The van der Waals surface area contributed by atoms with Crippen molar-refractivity contribution < 1.29 is 14.0 Å². The second-order valence-corrected chi connectivity index (χ2v) is 7.39. The second kappa shape index (κ2) is 9.54. The molecule has 1 aliphatic heterocycles. The van der Waals surface area contributed by atoms with E-state index in [4.69, 9.17) is 4.42 Å². The number of nitrogens with one attached hydrogen (secondary N) is 2. The Morgan fingerprint density at radius 2 is 2.04 bits per heavy atom. The van der Waals surface area contributed by atoms with Crippen molar-refractivity contribution in [3.05, 3.63) is 46.5 Å². The van der Waals surface area contributed by atoms with Crippen molar-refractivity contribution >= 4 is 23.2 Å².